The molecule has 5 aliphatic rings. The molecule has 0 aromatic heterocycles. The van der Waals surface area contributed by atoms with Crippen molar-refractivity contribution in [1.82, 2.24) is 10.4 Å². The molecule has 2 N–H and O–H groups in total. The van der Waals surface area contributed by atoms with Crippen LogP contribution in [-0.2, 0) is 57.6 Å². The van der Waals surface area contributed by atoms with E-state index in [0.29, 0.717) is 24.0 Å². The molecule has 244 valence electrons. The number of rotatable bonds is 8. The van der Waals surface area contributed by atoms with Crippen LogP contribution in [0.2, 0.25) is 0 Å². The van der Waals surface area contributed by atoms with Crippen LogP contribution in [0, 0.1) is 5.41 Å². The van der Waals surface area contributed by atoms with E-state index in [-0.39, 0.29) is 26.1 Å². The Hall–Kier alpha value is -3.82. The lowest BCUT2D eigenvalue weighted by atomic mass is 9.62. The molecule has 14 heteroatoms. The minimum atomic E-state index is -4.64. The smallest absolute Gasteiger partial charge is 0.422 e. The average Bonchev–Trinajstić information content (AvgIpc) is 3.69. The zero-order chi connectivity index (χ0) is 32.3. The predicted molar refractivity (Wildman–Crippen MR) is 150 cm³/mol. The van der Waals surface area contributed by atoms with Crippen molar-refractivity contribution in [1.29, 1.82) is 0 Å². The monoisotopic (exact) mass is 644 g/mol. The summed E-state index contributed by atoms with van der Waals surface area (Å²) in [7, 11) is 0. The molecule has 1 saturated carbocycles. The molecule has 2 aromatic rings. The largest absolute Gasteiger partial charge is 0.458 e. The molecule has 3 saturated heterocycles. The van der Waals surface area contributed by atoms with Crippen molar-refractivity contribution in [3.8, 4) is 0 Å². The number of halogens is 3. The topological polar surface area (TPSA) is 133 Å². The van der Waals surface area contributed by atoms with Crippen molar-refractivity contribution in [2.45, 2.75) is 68.2 Å². The number of aliphatic hydroxyl groups is 1. The van der Waals surface area contributed by atoms with Gasteiger partial charge in [0.2, 0.25) is 5.91 Å². The van der Waals surface area contributed by atoms with Gasteiger partial charge in [0.05, 0.1) is 13.2 Å². The van der Waals surface area contributed by atoms with Gasteiger partial charge in [-0.2, -0.15) is 18.2 Å². The second-order valence-electron chi connectivity index (χ2n) is 12.2. The quantitative estimate of drug-likeness (QED) is 0.325. The Balaban J connectivity index is 1.16. The number of benzene rings is 2. The lowest BCUT2D eigenvalue weighted by Gasteiger charge is -2.48. The summed E-state index contributed by atoms with van der Waals surface area (Å²) < 4.78 is 60.5. The summed E-state index contributed by atoms with van der Waals surface area (Å²) in [6.07, 6.45) is -4.43. The number of nitrogens with zero attached hydrogens (tertiary/aromatic N) is 1. The predicted octanol–water partition coefficient (Wildman–Crippen LogP) is 1.99. The lowest BCUT2D eigenvalue weighted by Crippen LogP contribution is -2.69. The minimum absolute atomic E-state index is 0.0188. The summed E-state index contributed by atoms with van der Waals surface area (Å²) >= 11 is 0. The Morgan fingerprint density at radius 2 is 1.83 bits per heavy atom. The Kier molecular flexibility index (Phi) is 7.67. The molecule has 6 unspecified atom stereocenters. The normalized spacial score (nSPS) is 30.7. The van der Waals surface area contributed by atoms with E-state index in [4.69, 9.17) is 19.0 Å². The minimum Gasteiger partial charge on any atom is -0.458 e. The molecule has 2 bridgehead atoms. The van der Waals surface area contributed by atoms with Crippen LogP contribution in [0.25, 0.3) is 6.08 Å². The molecule has 11 nitrogen and oxygen atoms in total. The first-order valence-corrected chi connectivity index (χ1v) is 15.0. The number of carbonyl (C=O) groups excluding carboxylic acids is 3. The maximum absolute atomic E-state index is 13.9. The Labute approximate surface area is 261 Å². The molecule has 1 amide bonds. The van der Waals surface area contributed by atoms with Gasteiger partial charge in [-0.05, 0) is 28.3 Å². The number of alkyl halides is 3. The van der Waals surface area contributed by atoms with Gasteiger partial charge in [-0.1, -0.05) is 48.5 Å². The SMILES string of the molecule is O=C(C=Cc1cccc(CN2OC3C4OC5(Cc6ccccc6C5)OC4C4CC3(C(=O)NCCO)C2C(=O)O4)c1)OCC(F)(F)F. The van der Waals surface area contributed by atoms with Gasteiger partial charge in [0.25, 0.3) is 0 Å². The second kappa shape index (κ2) is 11.5. The van der Waals surface area contributed by atoms with Gasteiger partial charge in [-0.25, -0.2) is 4.79 Å². The van der Waals surface area contributed by atoms with Crippen LogP contribution >= 0.6 is 0 Å². The zero-order valence-corrected chi connectivity index (χ0v) is 24.4. The van der Waals surface area contributed by atoms with E-state index in [0.717, 1.165) is 17.2 Å². The van der Waals surface area contributed by atoms with Crippen molar-refractivity contribution in [3.63, 3.8) is 0 Å². The molecule has 2 aromatic carbocycles. The third-order valence-corrected chi connectivity index (χ3v) is 9.19. The Morgan fingerprint density at radius 1 is 1.09 bits per heavy atom. The fourth-order valence-electron chi connectivity index (χ4n) is 7.43. The van der Waals surface area contributed by atoms with Crippen LogP contribution in [0.4, 0.5) is 13.2 Å². The molecule has 7 rings (SSSR count). The summed E-state index contributed by atoms with van der Waals surface area (Å²) in [5, 5.41) is 13.6. The number of esters is 2. The fourth-order valence-corrected chi connectivity index (χ4v) is 7.43. The highest BCUT2D eigenvalue weighted by atomic mass is 19.4. The van der Waals surface area contributed by atoms with Crippen LogP contribution in [0.15, 0.2) is 54.6 Å². The van der Waals surface area contributed by atoms with Crippen molar-refractivity contribution in [2.75, 3.05) is 19.8 Å². The number of aliphatic hydroxyl groups excluding tert-OH is 1. The van der Waals surface area contributed by atoms with E-state index >= 15 is 0 Å². The van der Waals surface area contributed by atoms with Gasteiger partial charge in [0.15, 0.2) is 18.4 Å². The van der Waals surface area contributed by atoms with E-state index in [1.807, 2.05) is 24.3 Å². The van der Waals surface area contributed by atoms with Gasteiger partial charge in [-0.15, -0.1) is 0 Å². The summed E-state index contributed by atoms with van der Waals surface area (Å²) in [6, 6.07) is 13.5. The number of nitrogens with one attached hydrogen (secondary N) is 1. The van der Waals surface area contributed by atoms with Crippen molar-refractivity contribution in [2.24, 2.45) is 5.41 Å². The molecular weight excluding hydrogens is 613 g/mol. The number of hydrogen-bond acceptors (Lipinski definition) is 10. The Morgan fingerprint density at radius 3 is 2.54 bits per heavy atom. The third-order valence-electron chi connectivity index (χ3n) is 9.19. The van der Waals surface area contributed by atoms with Crippen LogP contribution in [0.5, 0.6) is 0 Å². The third kappa shape index (κ3) is 5.37. The van der Waals surface area contributed by atoms with Gasteiger partial charge in [0, 0.05) is 31.9 Å². The van der Waals surface area contributed by atoms with Crippen molar-refractivity contribution in [3.05, 3.63) is 76.9 Å². The standard InChI is InChI=1S/C32H31F3N2O9/c33-32(34,35)17-42-23(39)9-8-18-4-3-5-19(12-18)16-37-26-28(40)43-22-15-31(26,29(41)36-10-11-38)27(46-37)25-24(22)44-30(45-25)13-20-6-1-2-7-21(20)14-30/h1-9,12,22,24-27,38H,10-11,13-17H2,(H,36,41). The van der Waals surface area contributed by atoms with Crippen molar-refractivity contribution < 1.29 is 56.4 Å². The van der Waals surface area contributed by atoms with Gasteiger partial charge < -0.3 is 29.4 Å². The van der Waals surface area contributed by atoms with Crippen LogP contribution < -0.4 is 5.32 Å². The fraction of sp³-hybridized carbons (Fsp3) is 0.469. The van der Waals surface area contributed by atoms with Gasteiger partial charge in [-0.3, -0.25) is 14.4 Å². The zero-order valence-electron chi connectivity index (χ0n) is 24.4. The van der Waals surface area contributed by atoms with E-state index < -0.39 is 72.3 Å². The number of ether oxygens (including phenoxy) is 4. The maximum Gasteiger partial charge on any atom is 0.422 e. The number of fused-ring (bicyclic) bond motifs is 5. The Bertz CT molecular complexity index is 1560. The van der Waals surface area contributed by atoms with Crippen LogP contribution in [0.1, 0.15) is 28.7 Å². The second-order valence-corrected chi connectivity index (χ2v) is 12.2. The summed E-state index contributed by atoms with van der Waals surface area (Å²) in [5.41, 5.74) is 1.87. The summed E-state index contributed by atoms with van der Waals surface area (Å²) in [6.45, 7) is -2.00. The van der Waals surface area contributed by atoms with E-state index in [9.17, 15) is 32.7 Å². The van der Waals surface area contributed by atoms with Gasteiger partial charge >= 0.3 is 18.1 Å². The molecule has 0 radical (unpaired) electrons. The van der Waals surface area contributed by atoms with Crippen LogP contribution in [0.3, 0.4) is 0 Å². The molecule has 6 atom stereocenters. The highest BCUT2D eigenvalue weighted by Gasteiger charge is 2.76. The molecule has 1 spiro atoms. The van der Waals surface area contributed by atoms with Crippen molar-refractivity contribution >= 4 is 23.9 Å². The van der Waals surface area contributed by atoms with Crippen LogP contribution in [-0.4, -0.2) is 90.2 Å². The van der Waals surface area contributed by atoms with E-state index in [2.05, 4.69) is 10.1 Å². The summed E-state index contributed by atoms with van der Waals surface area (Å²) in [4.78, 5) is 45.9. The first-order valence-electron chi connectivity index (χ1n) is 15.0. The molecule has 46 heavy (non-hydrogen) atoms. The van der Waals surface area contributed by atoms with E-state index in [1.165, 1.54) is 11.1 Å². The molecular formula is C32H31F3N2O9. The van der Waals surface area contributed by atoms with E-state index in [1.54, 1.807) is 24.3 Å². The number of hydroxylamine groups is 2. The number of carbonyl (C=O) groups is 3. The maximum atomic E-state index is 13.9. The molecule has 2 aliphatic carbocycles. The highest BCUT2D eigenvalue weighted by Crippen LogP contribution is 2.58. The number of amides is 1. The molecule has 3 aliphatic heterocycles. The van der Waals surface area contributed by atoms with Gasteiger partial charge in [0.1, 0.15) is 29.8 Å². The summed E-state index contributed by atoms with van der Waals surface area (Å²) in [5.74, 6) is -3.27. The highest BCUT2D eigenvalue weighted by molar-refractivity contribution is 5.93. The molecule has 4 fully saturated rings. The first kappa shape index (κ1) is 30.8. The lowest BCUT2D eigenvalue weighted by molar-refractivity contribution is -0.217. The number of hydrogen-bond donors (Lipinski definition) is 2. The molecule has 3 heterocycles. The average molecular weight is 645 g/mol. The first-order chi connectivity index (χ1) is 22.0.